The Kier molecular flexibility index (Phi) is 5.82. The number of sulfone groups is 1. The van der Waals surface area contributed by atoms with Crippen LogP contribution in [-0.2, 0) is 9.84 Å². The van der Waals surface area contributed by atoms with Gasteiger partial charge in [0.1, 0.15) is 18.1 Å². The van der Waals surface area contributed by atoms with E-state index in [9.17, 15) is 13.2 Å². The summed E-state index contributed by atoms with van der Waals surface area (Å²) in [6, 6.07) is 4.78. The second-order valence-electron chi connectivity index (χ2n) is 4.02. The van der Waals surface area contributed by atoms with Crippen LogP contribution in [0.3, 0.4) is 0 Å². The third kappa shape index (κ3) is 4.90. The number of carbonyl (C=O) groups excluding carboxylic acids is 1. The molecule has 0 N–H and O–H groups in total. The maximum absolute atomic E-state index is 11.5. The molecule has 106 valence electrons. The van der Waals surface area contributed by atoms with Crippen molar-refractivity contribution in [2.75, 3.05) is 25.2 Å². The van der Waals surface area contributed by atoms with E-state index in [0.717, 1.165) is 0 Å². The summed E-state index contributed by atoms with van der Waals surface area (Å²) in [5.74, 6) is 0.976. The lowest BCUT2D eigenvalue weighted by molar-refractivity contribution is 0.112. The number of methoxy groups -OCH3 is 1. The fourth-order valence-electron chi connectivity index (χ4n) is 1.56. The average molecular weight is 286 g/mol. The molecule has 0 aliphatic heterocycles. The zero-order valence-electron chi connectivity index (χ0n) is 11.1. The number of rotatable bonds is 8. The van der Waals surface area contributed by atoms with E-state index in [-0.39, 0.29) is 18.1 Å². The molecule has 1 aromatic carbocycles. The fourth-order valence-corrected chi connectivity index (χ4v) is 2.72. The molecule has 0 atom stereocenters. The van der Waals surface area contributed by atoms with E-state index < -0.39 is 9.84 Å². The summed E-state index contributed by atoms with van der Waals surface area (Å²) >= 11 is 0. The van der Waals surface area contributed by atoms with Crippen LogP contribution < -0.4 is 9.47 Å². The summed E-state index contributed by atoms with van der Waals surface area (Å²) in [7, 11) is -1.58. The van der Waals surface area contributed by atoms with Crippen molar-refractivity contribution >= 4 is 16.1 Å². The van der Waals surface area contributed by atoms with Gasteiger partial charge in [-0.15, -0.1) is 0 Å². The van der Waals surface area contributed by atoms with Crippen LogP contribution in [0.15, 0.2) is 18.2 Å². The van der Waals surface area contributed by atoms with E-state index in [1.807, 2.05) is 6.92 Å². The smallest absolute Gasteiger partial charge is 0.153 e. The van der Waals surface area contributed by atoms with E-state index in [1.165, 1.54) is 7.11 Å². The number of hydrogen-bond acceptors (Lipinski definition) is 5. The van der Waals surface area contributed by atoms with Crippen molar-refractivity contribution in [3.63, 3.8) is 0 Å². The van der Waals surface area contributed by atoms with Crippen LogP contribution in [0.25, 0.3) is 0 Å². The zero-order chi connectivity index (χ0) is 14.3. The molecule has 1 rings (SSSR count). The second kappa shape index (κ2) is 7.13. The first-order valence-corrected chi connectivity index (χ1v) is 7.81. The number of benzene rings is 1. The summed E-state index contributed by atoms with van der Waals surface area (Å²) < 4.78 is 33.4. The first-order chi connectivity index (χ1) is 9.02. The molecule has 0 saturated heterocycles. The van der Waals surface area contributed by atoms with Gasteiger partial charge in [0.25, 0.3) is 0 Å². The number of hydrogen-bond donors (Lipinski definition) is 0. The third-order valence-corrected chi connectivity index (χ3v) is 4.33. The van der Waals surface area contributed by atoms with Crippen LogP contribution in [0.5, 0.6) is 11.5 Å². The number of ether oxygens (including phenoxy) is 2. The van der Waals surface area contributed by atoms with Crippen LogP contribution in [0.1, 0.15) is 23.7 Å². The SMILES string of the molecule is CCCS(=O)(=O)CCOc1cc(OC)ccc1C=O. The predicted molar refractivity (Wildman–Crippen MR) is 72.8 cm³/mol. The zero-order valence-corrected chi connectivity index (χ0v) is 11.9. The molecule has 0 radical (unpaired) electrons. The van der Waals surface area contributed by atoms with Crippen LogP contribution in [0.2, 0.25) is 0 Å². The van der Waals surface area contributed by atoms with Gasteiger partial charge in [-0.3, -0.25) is 4.79 Å². The van der Waals surface area contributed by atoms with Crippen molar-refractivity contribution in [2.45, 2.75) is 13.3 Å². The van der Waals surface area contributed by atoms with E-state index in [4.69, 9.17) is 9.47 Å². The summed E-state index contributed by atoms with van der Waals surface area (Å²) in [5, 5.41) is 0. The van der Waals surface area contributed by atoms with Crippen LogP contribution in [0.4, 0.5) is 0 Å². The van der Waals surface area contributed by atoms with Crippen molar-refractivity contribution in [1.29, 1.82) is 0 Å². The molecular formula is C13H18O5S. The normalized spacial score (nSPS) is 11.1. The van der Waals surface area contributed by atoms with Gasteiger partial charge in [0.2, 0.25) is 0 Å². The Morgan fingerprint density at radius 3 is 2.58 bits per heavy atom. The standard InChI is InChI=1S/C13H18O5S/c1-3-7-19(15,16)8-6-18-13-9-12(17-2)5-4-11(13)10-14/h4-5,9-10H,3,6-8H2,1-2H3. The molecule has 0 aliphatic carbocycles. The highest BCUT2D eigenvalue weighted by Gasteiger charge is 2.11. The largest absolute Gasteiger partial charge is 0.497 e. The highest BCUT2D eigenvalue weighted by atomic mass is 32.2. The van der Waals surface area contributed by atoms with Crippen molar-refractivity contribution in [1.82, 2.24) is 0 Å². The lowest BCUT2D eigenvalue weighted by Crippen LogP contribution is -2.17. The summed E-state index contributed by atoms with van der Waals surface area (Å²) in [5.41, 5.74) is 0.369. The number of carbonyl (C=O) groups is 1. The molecule has 0 saturated carbocycles. The summed E-state index contributed by atoms with van der Waals surface area (Å²) in [4.78, 5) is 10.9. The Labute approximate surface area is 113 Å². The van der Waals surface area contributed by atoms with Crippen LogP contribution in [-0.4, -0.2) is 39.9 Å². The minimum absolute atomic E-state index is 0.0241. The van der Waals surface area contributed by atoms with E-state index in [0.29, 0.717) is 29.8 Å². The van der Waals surface area contributed by atoms with Gasteiger partial charge >= 0.3 is 0 Å². The van der Waals surface area contributed by atoms with Gasteiger partial charge in [-0.05, 0) is 18.6 Å². The molecule has 0 fully saturated rings. The van der Waals surface area contributed by atoms with Gasteiger partial charge in [0.15, 0.2) is 16.1 Å². The van der Waals surface area contributed by atoms with Gasteiger partial charge < -0.3 is 9.47 Å². The van der Waals surface area contributed by atoms with Crippen molar-refractivity contribution in [3.05, 3.63) is 23.8 Å². The maximum atomic E-state index is 11.5. The molecule has 0 spiro atoms. The minimum Gasteiger partial charge on any atom is -0.497 e. The topological polar surface area (TPSA) is 69.7 Å². The molecule has 0 amide bonds. The molecule has 19 heavy (non-hydrogen) atoms. The van der Waals surface area contributed by atoms with Gasteiger partial charge in [-0.2, -0.15) is 0 Å². The van der Waals surface area contributed by atoms with Crippen molar-refractivity contribution < 1.29 is 22.7 Å². The highest BCUT2D eigenvalue weighted by molar-refractivity contribution is 7.91. The van der Waals surface area contributed by atoms with E-state index in [2.05, 4.69) is 0 Å². The second-order valence-corrected chi connectivity index (χ2v) is 6.33. The number of aldehydes is 1. The van der Waals surface area contributed by atoms with E-state index in [1.54, 1.807) is 18.2 Å². The van der Waals surface area contributed by atoms with E-state index >= 15 is 0 Å². The lowest BCUT2D eigenvalue weighted by Gasteiger charge is -2.10. The quantitative estimate of drug-likeness (QED) is 0.680. The highest BCUT2D eigenvalue weighted by Crippen LogP contribution is 2.23. The molecule has 0 aromatic heterocycles. The summed E-state index contributed by atoms with van der Waals surface area (Å²) in [6.07, 6.45) is 1.25. The molecular weight excluding hydrogens is 268 g/mol. The first-order valence-electron chi connectivity index (χ1n) is 5.99. The Morgan fingerprint density at radius 2 is 2.00 bits per heavy atom. The third-order valence-electron chi connectivity index (χ3n) is 2.51. The average Bonchev–Trinajstić information content (AvgIpc) is 2.38. The van der Waals surface area contributed by atoms with Crippen LogP contribution in [0, 0.1) is 0 Å². The van der Waals surface area contributed by atoms with Gasteiger partial charge in [0, 0.05) is 6.07 Å². The minimum atomic E-state index is -3.08. The summed E-state index contributed by atoms with van der Waals surface area (Å²) in [6.45, 7) is 1.83. The molecule has 0 aliphatic rings. The van der Waals surface area contributed by atoms with Crippen molar-refractivity contribution in [3.8, 4) is 11.5 Å². The van der Waals surface area contributed by atoms with Gasteiger partial charge in [-0.1, -0.05) is 6.92 Å². The fraction of sp³-hybridized carbons (Fsp3) is 0.462. The molecule has 0 unspecified atom stereocenters. The Bertz CT molecular complexity index is 522. The molecule has 0 bridgehead atoms. The van der Waals surface area contributed by atoms with Crippen molar-refractivity contribution in [2.24, 2.45) is 0 Å². The lowest BCUT2D eigenvalue weighted by atomic mass is 10.2. The molecule has 1 aromatic rings. The first kappa shape index (κ1) is 15.5. The Balaban J connectivity index is 2.69. The molecule has 0 heterocycles. The van der Waals surface area contributed by atoms with Crippen LogP contribution >= 0.6 is 0 Å². The van der Waals surface area contributed by atoms with Gasteiger partial charge in [-0.25, -0.2) is 8.42 Å². The molecule has 6 heteroatoms. The predicted octanol–water partition coefficient (Wildman–Crippen LogP) is 1.71. The maximum Gasteiger partial charge on any atom is 0.153 e. The Hall–Kier alpha value is -1.56. The monoisotopic (exact) mass is 286 g/mol. The van der Waals surface area contributed by atoms with Gasteiger partial charge in [0.05, 0.1) is 24.2 Å². The Morgan fingerprint density at radius 1 is 1.26 bits per heavy atom. The molecule has 5 nitrogen and oxygen atoms in total.